The molecule has 0 heterocycles. The Labute approximate surface area is 101 Å². The summed E-state index contributed by atoms with van der Waals surface area (Å²) >= 11 is 0. The van der Waals surface area contributed by atoms with Crippen LogP contribution in [0.2, 0.25) is 0 Å². The highest BCUT2D eigenvalue weighted by atomic mass is 16.3. The zero-order chi connectivity index (χ0) is 12.5. The summed E-state index contributed by atoms with van der Waals surface area (Å²) in [6, 6.07) is 0. The van der Waals surface area contributed by atoms with Crippen molar-refractivity contribution in [3.63, 3.8) is 0 Å². The molecule has 0 spiro atoms. The molecule has 0 aliphatic carbocycles. The summed E-state index contributed by atoms with van der Waals surface area (Å²) in [7, 11) is 0. The molecule has 0 radical (unpaired) electrons. The van der Waals surface area contributed by atoms with E-state index >= 15 is 0 Å². The van der Waals surface area contributed by atoms with E-state index in [2.05, 4.69) is 13.5 Å². The average molecular weight is 230 g/mol. The normalized spacial score (nSPS) is 9.44. The molecule has 0 bridgehead atoms. The Morgan fingerprint density at radius 3 is 1.62 bits per heavy atom. The summed E-state index contributed by atoms with van der Waals surface area (Å²) in [6.07, 6.45) is 14.5. The minimum atomic E-state index is -0.125. The van der Waals surface area contributed by atoms with Gasteiger partial charge in [-0.05, 0) is 12.8 Å². The number of hydrogen-bond acceptors (Lipinski definition) is 2. The molecule has 98 valence electrons. The molecular formula is C14H30O2. The fraction of sp³-hybridized carbons (Fsp3) is 0.857. The van der Waals surface area contributed by atoms with Crippen LogP contribution in [0.4, 0.5) is 0 Å². The van der Waals surface area contributed by atoms with Crippen LogP contribution in [0.25, 0.3) is 0 Å². The molecule has 0 fully saturated rings. The van der Waals surface area contributed by atoms with Gasteiger partial charge in [-0.25, -0.2) is 0 Å². The number of allylic oxidation sites excluding steroid dienone is 1. The Hall–Kier alpha value is -0.340. The van der Waals surface area contributed by atoms with E-state index in [9.17, 15) is 0 Å². The van der Waals surface area contributed by atoms with Gasteiger partial charge in [0, 0.05) is 0 Å². The third kappa shape index (κ3) is 23.5. The average Bonchev–Trinajstić information content (AvgIpc) is 2.33. The first-order valence-corrected chi connectivity index (χ1v) is 6.66. The predicted octanol–water partition coefficient (Wildman–Crippen LogP) is 3.67. The van der Waals surface area contributed by atoms with Gasteiger partial charge in [0.1, 0.15) is 0 Å². The molecule has 0 saturated carbocycles. The van der Waals surface area contributed by atoms with E-state index < -0.39 is 0 Å². The highest BCUT2D eigenvalue weighted by Crippen LogP contribution is 2.09. The van der Waals surface area contributed by atoms with Crippen LogP contribution in [0.3, 0.4) is 0 Å². The molecule has 0 amide bonds. The van der Waals surface area contributed by atoms with Gasteiger partial charge >= 0.3 is 0 Å². The van der Waals surface area contributed by atoms with E-state index in [-0.39, 0.29) is 13.2 Å². The Balaban J connectivity index is 0. The molecule has 0 saturated heterocycles. The van der Waals surface area contributed by atoms with Crippen LogP contribution in [0.1, 0.15) is 64.7 Å². The van der Waals surface area contributed by atoms with Crippen LogP contribution in [0.5, 0.6) is 0 Å². The van der Waals surface area contributed by atoms with Crippen LogP contribution >= 0.6 is 0 Å². The van der Waals surface area contributed by atoms with Crippen molar-refractivity contribution in [3.8, 4) is 0 Å². The van der Waals surface area contributed by atoms with Crippen molar-refractivity contribution in [2.45, 2.75) is 64.7 Å². The first-order chi connectivity index (χ1) is 7.83. The molecule has 2 heteroatoms. The molecule has 0 atom stereocenters. The number of aliphatic hydroxyl groups excluding tert-OH is 2. The fourth-order valence-corrected chi connectivity index (χ4v) is 1.42. The van der Waals surface area contributed by atoms with Gasteiger partial charge in [0.05, 0.1) is 13.2 Å². The Kier molecular flexibility index (Phi) is 22.7. The van der Waals surface area contributed by atoms with Crippen molar-refractivity contribution in [2.75, 3.05) is 13.2 Å². The molecule has 0 unspecified atom stereocenters. The summed E-state index contributed by atoms with van der Waals surface area (Å²) in [5, 5.41) is 15.2. The van der Waals surface area contributed by atoms with E-state index in [0.717, 1.165) is 0 Å². The molecule has 0 aliphatic rings. The lowest BCUT2D eigenvalue weighted by Gasteiger charge is -1.99. The van der Waals surface area contributed by atoms with Gasteiger partial charge < -0.3 is 10.2 Å². The fourth-order valence-electron chi connectivity index (χ4n) is 1.42. The molecule has 0 aromatic heterocycles. The summed E-state index contributed by atoms with van der Waals surface area (Å²) in [6.45, 7) is 5.74. The summed E-state index contributed by atoms with van der Waals surface area (Å²) < 4.78 is 0. The SMILES string of the molecule is C=CCCCCCCCCCC.OCCO. The Morgan fingerprint density at radius 2 is 1.25 bits per heavy atom. The number of unbranched alkanes of at least 4 members (excludes halogenated alkanes) is 8. The van der Waals surface area contributed by atoms with Crippen LogP contribution in [0, 0.1) is 0 Å². The lowest BCUT2D eigenvalue weighted by Crippen LogP contribution is -1.85. The maximum atomic E-state index is 7.62. The van der Waals surface area contributed by atoms with Crippen LogP contribution in [-0.4, -0.2) is 23.4 Å². The Morgan fingerprint density at radius 1 is 0.812 bits per heavy atom. The molecule has 0 aromatic carbocycles. The first kappa shape index (κ1) is 18.0. The van der Waals surface area contributed by atoms with Gasteiger partial charge in [-0.2, -0.15) is 0 Å². The largest absolute Gasteiger partial charge is 0.394 e. The quantitative estimate of drug-likeness (QED) is 0.444. The highest BCUT2D eigenvalue weighted by Gasteiger charge is 1.89. The van der Waals surface area contributed by atoms with Crippen molar-refractivity contribution in [3.05, 3.63) is 12.7 Å². The summed E-state index contributed by atoms with van der Waals surface area (Å²) in [5.74, 6) is 0. The van der Waals surface area contributed by atoms with Gasteiger partial charge in [-0.15, -0.1) is 6.58 Å². The second-order valence-electron chi connectivity index (χ2n) is 4.00. The third-order valence-corrected chi connectivity index (χ3v) is 2.36. The maximum absolute atomic E-state index is 7.62. The summed E-state index contributed by atoms with van der Waals surface area (Å²) in [5.41, 5.74) is 0. The lowest BCUT2D eigenvalue weighted by atomic mass is 10.1. The molecular weight excluding hydrogens is 200 g/mol. The topological polar surface area (TPSA) is 40.5 Å². The van der Waals surface area contributed by atoms with E-state index in [1.54, 1.807) is 0 Å². The van der Waals surface area contributed by atoms with Crippen LogP contribution in [0.15, 0.2) is 12.7 Å². The Bertz CT molecular complexity index is 111. The van der Waals surface area contributed by atoms with Gasteiger partial charge in [0.15, 0.2) is 0 Å². The van der Waals surface area contributed by atoms with E-state index in [1.165, 1.54) is 57.8 Å². The first-order valence-electron chi connectivity index (χ1n) is 6.66. The zero-order valence-corrected chi connectivity index (χ0v) is 11.0. The van der Waals surface area contributed by atoms with Gasteiger partial charge in [-0.1, -0.05) is 57.9 Å². The summed E-state index contributed by atoms with van der Waals surface area (Å²) in [4.78, 5) is 0. The molecule has 2 N–H and O–H groups in total. The molecule has 0 aliphatic heterocycles. The molecule has 0 aromatic rings. The molecule has 0 rings (SSSR count). The van der Waals surface area contributed by atoms with Crippen LogP contribution < -0.4 is 0 Å². The number of aliphatic hydroxyl groups is 2. The van der Waals surface area contributed by atoms with Gasteiger partial charge in [0.25, 0.3) is 0 Å². The number of rotatable bonds is 10. The monoisotopic (exact) mass is 230 g/mol. The second kappa shape index (κ2) is 20.1. The van der Waals surface area contributed by atoms with Gasteiger partial charge in [0.2, 0.25) is 0 Å². The minimum Gasteiger partial charge on any atom is -0.394 e. The van der Waals surface area contributed by atoms with Gasteiger partial charge in [-0.3, -0.25) is 0 Å². The van der Waals surface area contributed by atoms with Crippen LogP contribution in [-0.2, 0) is 0 Å². The van der Waals surface area contributed by atoms with Crippen molar-refractivity contribution in [1.82, 2.24) is 0 Å². The van der Waals surface area contributed by atoms with E-state index in [0.29, 0.717) is 0 Å². The number of hydrogen-bond donors (Lipinski definition) is 2. The predicted molar refractivity (Wildman–Crippen MR) is 71.6 cm³/mol. The minimum absolute atomic E-state index is 0.125. The van der Waals surface area contributed by atoms with Crippen molar-refractivity contribution >= 4 is 0 Å². The van der Waals surface area contributed by atoms with Crippen molar-refractivity contribution in [1.29, 1.82) is 0 Å². The smallest absolute Gasteiger partial charge is 0.0662 e. The molecule has 2 nitrogen and oxygen atoms in total. The van der Waals surface area contributed by atoms with E-state index in [4.69, 9.17) is 10.2 Å². The maximum Gasteiger partial charge on any atom is 0.0662 e. The van der Waals surface area contributed by atoms with Crippen molar-refractivity contribution < 1.29 is 10.2 Å². The lowest BCUT2D eigenvalue weighted by molar-refractivity contribution is 0.186. The second-order valence-corrected chi connectivity index (χ2v) is 4.00. The zero-order valence-electron chi connectivity index (χ0n) is 11.0. The molecule has 16 heavy (non-hydrogen) atoms. The highest BCUT2D eigenvalue weighted by molar-refractivity contribution is 4.65. The van der Waals surface area contributed by atoms with E-state index in [1.807, 2.05) is 6.08 Å². The van der Waals surface area contributed by atoms with Crippen molar-refractivity contribution in [2.24, 2.45) is 0 Å². The standard InChI is InChI=1S/C12H24.C2H6O2/c1-3-5-7-9-11-12-10-8-6-4-2;3-1-2-4/h3H,1,4-12H2,2H3;3-4H,1-2H2. The third-order valence-electron chi connectivity index (χ3n) is 2.36.